The fourth-order valence-corrected chi connectivity index (χ4v) is 1.10. The van der Waals surface area contributed by atoms with Gasteiger partial charge in [-0.2, -0.15) is 0 Å². The summed E-state index contributed by atoms with van der Waals surface area (Å²) in [4.78, 5) is 0. The van der Waals surface area contributed by atoms with Crippen molar-refractivity contribution < 1.29 is 9.47 Å². The molecule has 0 aliphatic carbocycles. The minimum Gasteiger partial charge on any atom is -0.497 e. The lowest BCUT2D eigenvalue weighted by molar-refractivity contribution is 0.356. The molecule has 0 bridgehead atoms. The molecule has 0 aliphatic rings. The Labute approximate surface area is 103 Å². The van der Waals surface area contributed by atoms with Gasteiger partial charge in [0.15, 0.2) is 0 Å². The van der Waals surface area contributed by atoms with E-state index >= 15 is 0 Å². The fourth-order valence-electron chi connectivity index (χ4n) is 1.10. The largest absolute Gasteiger partial charge is 0.497 e. The maximum Gasteiger partial charge on any atom is 0.123 e. The minimum atomic E-state index is 0. The molecule has 90 valence electrons. The van der Waals surface area contributed by atoms with Gasteiger partial charge in [-0.15, -0.1) is 12.4 Å². The molecule has 1 N–H and O–H groups in total. The summed E-state index contributed by atoms with van der Waals surface area (Å²) in [5.74, 6) is 1.63. The molecule has 1 rings (SSSR count). The summed E-state index contributed by atoms with van der Waals surface area (Å²) in [6, 6.07) is 7.58. The lowest BCUT2D eigenvalue weighted by Gasteiger charge is -2.04. The standard InChI is InChI=1S/C12H17NO2.ClH/c1-13-8-3-4-9-15-12-7-5-6-11(10-12)14-2;/h3-7,10,13H,8-9H2,1-2H3;1H/b4-3+;. The Kier molecular flexibility index (Phi) is 8.39. The lowest BCUT2D eigenvalue weighted by atomic mass is 10.3. The SMILES string of the molecule is CNC/C=C/COc1cccc(OC)c1.Cl. The third-order valence-electron chi connectivity index (χ3n) is 1.88. The summed E-state index contributed by atoms with van der Waals surface area (Å²) in [6.07, 6.45) is 4.01. The van der Waals surface area contributed by atoms with Crippen molar-refractivity contribution in [3.05, 3.63) is 36.4 Å². The molecule has 0 spiro atoms. The summed E-state index contributed by atoms with van der Waals surface area (Å²) in [5, 5.41) is 3.02. The molecule has 0 heterocycles. The fraction of sp³-hybridized carbons (Fsp3) is 0.333. The minimum absolute atomic E-state index is 0. The Hall–Kier alpha value is -1.19. The zero-order chi connectivity index (χ0) is 10.9. The van der Waals surface area contributed by atoms with Crippen LogP contribution in [-0.2, 0) is 0 Å². The first kappa shape index (κ1) is 14.8. The number of benzene rings is 1. The van der Waals surface area contributed by atoms with Crippen LogP contribution in [-0.4, -0.2) is 27.3 Å². The van der Waals surface area contributed by atoms with Crippen molar-refractivity contribution >= 4 is 12.4 Å². The van der Waals surface area contributed by atoms with E-state index in [-0.39, 0.29) is 12.4 Å². The Morgan fingerprint density at radius 2 is 2.00 bits per heavy atom. The van der Waals surface area contributed by atoms with Gasteiger partial charge in [-0.05, 0) is 19.2 Å². The van der Waals surface area contributed by atoms with Gasteiger partial charge >= 0.3 is 0 Å². The van der Waals surface area contributed by atoms with E-state index in [2.05, 4.69) is 5.32 Å². The van der Waals surface area contributed by atoms with Crippen LogP contribution in [0.5, 0.6) is 11.5 Å². The molecule has 1 aromatic carbocycles. The predicted octanol–water partition coefficient (Wildman–Crippen LogP) is 2.27. The molecular formula is C12H18ClNO2. The first-order valence-corrected chi connectivity index (χ1v) is 4.93. The van der Waals surface area contributed by atoms with Gasteiger partial charge in [-0.25, -0.2) is 0 Å². The molecule has 0 radical (unpaired) electrons. The number of hydrogen-bond donors (Lipinski definition) is 1. The first-order chi connectivity index (χ1) is 7.36. The zero-order valence-corrected chi connectivity index (χ0v) is 10.4. The molecule has 0 saturated carbocycles. The molecule has 4 heteroatoms. The summed E-state index contributed by atoms with van der Waals surface area (Å²) in [6.45, 7) is 1.44. The zero-order valence-electron chi connectivity index (χ0n) is 9.60. The van der Waals surface area contributed by atoms with Crippen LogP contribution in [0.1, 0.15) is 0 Å². The summed E-state index contributed by atoms with van der Waals surface area (Å²) >= 11 is 0. The van der Waals surface area contributed by atoms with Gasteiger partial charge in [0.2, 0.25) is 0 Å². The van der Waals surface area contributed by atoms with Crippen LogP contribution < -0.4 is 14.8 Å². The van der Waals surface area contributed by atoms with Crippen LogP contribution in [0.3, 0.4) is 0 Å². The predicted molar refractivity (Wildman–Crippen MR) is 68.8 cm³/mol. The average molecular weight is 244 g/mol. The second kappa shape index (κ2) is 9.07. The van der Waals surface area contributed by atoms with Crippen LogP contribution in [0, 0.1) is 0 Å². The van der Waals surface area contributed by atoms with E-state index in [0.717, 1.165) is 18.0 Å². The molecule has 16 heavy (non-hydrogen) atoms. The van der Waals surface area contributed by atoms with Crippen LogP contribution in [0.25, 0.3) is 0 Å². The van der Waals surface area contributed by atoms with E-state index in [1.165, 1.54) is 0 Å². The van der Waals surface area contributed by atoms with Crippen LogP contribution in [0.15, 0.2) is 36.4 Å². The molecule has 0 saturated heterocycles. The van der Waals surface area contributed by atoms with Crippen molar-refractivity contribution in [2.75, 3.05) is 27.3 Å². The number of methoxy groups -OCH3 is 1. The Balaban J connectivity index is 0.00000225. The summed E-state index contributed by atoms with van der Waals surface area (Å²) in [7, 11) is 3.55. The van der Waals surface area contributed by atoms with E-state index in [0.29, 0.717) is 6.61 Å². The number of rotatable bonds is 6. The smallest absolute Gasteiger partial charge is 0.123 e. The van der Waals surface area contributed by atoms with Gasteiger partial charge in [0.25, 0.3) is 0 Å². The van der Waals surface area contributed by atoms with Crippen molar-refractivity contribution in [2.45, 2.75) is 0 Å². The number of nitrogens with one attached hydrogen (secondary N) is 1. The molecule has 0 fully saturated rings. The molecule has 0 unspecified atom stereocenters. The Morgan fingerprint density at radius 1 is 1.25 bits per heavy atom. The van der Waals surface area contributed by atoms with Crippen LogP contribution in [0.4, 0.5) is 0 Å². The lowest BCUT2D eigenvalue weighted by Crippen LogP contribution is -2.04. The van der Waals surface area contributed by atoms with Crippen molar-refractivity contribution in [1.29, 1.82) is 0 Å². The van der Waals surface area contributed by atoms with E-state index in [1.54, 1.807) is 7.11 Å². The maximum atomic E-state index is 5.50. The highest BCUT2D eigenvalue weighted by Gasteiger charge is 1.94. The van der Waals surface area contributed by atoms with Crippen LogP contribution in [0.2, 0.25) is 0 Å². The van der Waals surface area contributed by atoms with Gasteiger partial charge in [-0.1, -0.05) is 18.2 Å². The molecular weight excluding hydrogens is 226 g/mol. The number of ether oxygens (including phenoxy) is 2. The van der Waals surface area contributed by atoms with Crippen molar-refractivity contribution in [3.63, 3.8) is 0 Å². The molecule has 3 nitrogen and oxygen atoms in total. The highest BCUT2D eigenvalue weighted by Crippen LogP contribution is 2.18. The van der Waals surface area contributed by atoms with E-state index in [1.807, 2.05) is 43.5 Å². The van der Waals surface area contributed by atoms with Crippen molar-refractivity contribution in [2.24, 2.45) is 0 Å². The number of halogens is 1. The maximum absolute atomic E-state index is 5.50. The number of hydrogen-bond acceptors (Lipinski definition) is 3. The third kappa shape index (κ3) is 5.63. The highest BCUT2D eigenvalue weighted by molar-refractivity contribution is 5.85. The molecule has 0 amide bonds. The molecule has 0 aromatic heterocycles. The Bertz CT molecular complexity index is 316. The van der Waals surface area contributed by atoms with Crippen molar-refractivity contribution in [3.8, 4) is 11.5 Å². The summed E-state index contributed by atoms with van der Waals surface area (Å²) in [5.41, 5.74) is 0. The average Bonchev–Trinajstić information content (AvgIpc) is 2.29. The van der Waals surface area contributed by atoms with Crippen LogP contribution >= 0.6 is 12.4 Å². The normalized spacial score (nSPS) is 9.88. The summed E-state index contributed by atoms with van der Waals surface area (Å²) < 4.78 is 10.6. The molecule has 0 atom stereocenters. The van der Waals surface area contributed by atoms with Gasteiger partial charge in [0, 0.05) is 12.6 Å². The van der Waals surface area contributed by atoms with Gasteiger partial charge < -0.3 is 14.8 Å². The quantitative estimate of drug-likeness (QED) is 0.778. The second-order valence-corrected chi connectivity index (χ2v) is 3.02. The molecule has 1 aromatic rings. The van der Waals surface area contributed by atoms with Gasteiger partial charge in [0.1, 0.15) is 18.1 Å². The monoisotopic (exact) mass is 243 g/mol. The second-order valence-electron chi connectivity index (χ2n) is 3.02. The van der Waals surface area contributed by atoms with E-state index in [9.17, 15) is 0 Å². The number of likely N-dealkylation sites (N-methyl/N-ethyl adjacent to an activating group) is 1. The molecule has 0 aliphatic heterocycles. The third-order valence-corrected chi connectivity index (χ3v) is 1.88. The first-order valence-electron chi connectivity index (χ1n) is 4.93. The van der Waals surface area contributed by atoms with E-state index < -0.39 is 0 Å². The highest BCUT2D eigenvalue weighted by atomic mass is 35.5. The Morgan fingerprint density at radius 3 is 2.69 bits per heavy atom. The van der Waals surface area contributed by atoms with Gasteiger partial charge in [-0.3, -0.25) is 0 Å². The van der Waals surface area contributed by atoms with Crippen molar-refractivity contribution in [1.82, 2.24) is 5.32 Å². The van der Waals surface area contributed by atoms with Gasteiger partial charge in [0.05, 0.1) is 7.11 Å². The van der Waals surface area contributed by atoms with E-state index in [4.69, 9.17) is 9.47 Å². The topological polar surface area (TPSA) is 30.5 Å².